The van der Waals surface area contributed by atoms with Crippen LogP contribution in [0.1, 0.15) is 63.2 Å². The van der Waals surface area contributed by atoms with Gasteiger partial charge in [0.25, 0.3) is 0 Å². The van der Waals surface area contributed by atoms with Gasteiger partial charge in [-0.2, -0.15) is 0 Å². The fraction of sp³-hybridized carbons (Fsp3) is 0.730. The Kier molecular flexibility index (Phi) is 7.71. The molecular weight excluding hydrogens is 648 g/mol. The lowest BCUT2D eigenvalue weighted by molar-refractivity contribution is -0.318. The molecule has 1 spiro atoms. The number of rotatable bonds is 8. The lowest BCUT2D eigenvalue weighted by Gasteiger charge is -2.70. The van der Waals surface area contributed by atoms with Gasteiger partial charge in [-0.25, -0.2) is 9.69 Å². The van der Waals surface area contributed by atoms with Crippen molar-refractivity contribution >= 4 is 29.4 Å². The summed E-state index contributed by atoms with van der Waals surface area (Å²) < 4.78 is 24.7. The van der Waals surface area contributed by atoms with Crippen LogP contribution in [0.15, 0.2) is 24.3 Å². The number of para-hydroxylation sites is 1. The average molecular weight is 697 g/mol. The lowest BCUT2D eigenvalue weighted by Crippen LogP contribution is -2.82. The number of methoxy groups -OCH3 is 2. The summed E-state index contributed by atoms with van der Waals surface area (Å²) in [6.45, 7) is 5.91. The van der Waals surface area contributed by atoms with Crippen molar-refractivity contribution in [3.63, 3.8) is 0 Å². The Labute approximate surface area is 291 Å². The number of benzene rings is 1. The van der Waals surface area contributed by atoms with Crippen LogP contribution in [0.2, 0.25) is 0 Å². The van der Waals surface area contributed by atoms with E-state index in [1.165, 1.54) is 14.0 Å². The molecule has 7 aliphatic rings. The third-order valence-electron chi connectivity index (χ3n) is 14.3. The van der Waals surface area contributed by atoms with E-state index in [0.717, 1.165) is 4.90 Å². The van der Waals surface area contributed by atoms with Gasteiger partial charge in [0, 0.05) is 75.0 Å². The zero-order valence-corrected chi connectivity index (χ0v) is 29.2. The molecule has 0 radical (unpaired) electrons. The number of aliphatic hydroxyl groups excluding tert-OH is 1. The van der Waals surface area contributed by atoms with Crippen molar-refractivity contribution in [2.45, 2.75) is 94.5 Å². The number of fused-ring (bicyclic) bond motifs is 2. The first kappa shape index (κ1) is 34.2. The predicted octanol–water partition coefficient (Wildman–Crippen LogP) is 1.30. The second kappa shape index (κ2) is 11.3. The van der Waals surface area contributed by atoms with E-state index in [1.807, 2.05) is 6.92 Å². The Hall–Kier alpha value is -2.94. The number of hydrogen-bond donors (Lipinski definition) is 3. The predicted molar refractivity (Wildman–Crippen MR) is 174 cm³/mol. The summed E-state index contributed by atoms with van der Waals surface area (Å²) in [5.74, 6) is -4.33. The van der Waals surface area contributed by atoms with Gasteiger partial charge in [-0.1, -0.05) is 26.0 Å². The summed E-state index contributed by atoms with van der Waals surface area (Å²) in [6, 6.07) is 5.84. The summed E-state index contributed by atoms with van der Waals surface area (Å²) >= 11 is 0. The van der Waals surface area contributed by atoms with Crippen molar-refractivity contribution in [2.24, 2.45) is 40.4 Å². The van der Waals surface area contributed by atoms with Crippen LogP contribution in [0.3, 0.4) is 0 Å². The van der Waals surface area contributed by atoms with Gasteiger partial charge in [0.2, 0.25) is 11.8 Å². The number of piperidine rings is 1. The van der Waals surface area contributed by atoms with Crippen molar-refractivity contribution in [3.05, 3.63) is 29.8 Å². The third kappa shape index (κ3) is 3.94. The van der Waals surface area contributed by atoms with Gasteiger partial charge >= 0.3 is 11.9 Å². The first-order chi connectivity index (χ1) is 23.8. The highest BCUT2D eigenvalue weighted by atomic mass is 16.5. The highest BCUT2D eigenvalue weighted by Gasteiger charge is 2.91. The van der Waals surface area contributed by atoms with E-state index in [1.54, 1.807) is 38.3 Å². The average Bonchev–Trinajstić information content (AvgIpc) is 3.58. The monoisotopic (exact) mass is 696 g/mol. The van der Waals surface area contributed by atoms with E-state index in [4.69, 9.17) is 18.9 Å². The molecule has 8 rings (SSSR count). The minimum absolute atomic E-state index is 0.0360. The van der Waals surface area contributed by atoms with E-state index in [0.29, 0.717) is 32.4 Å². The number of esters is 2. The third-order valence-corrected chi connectivity index (χ3v) is 14.3. The van der Waals surface area contributed by atoms with Crippen molar-refractivity contribution in [3.8, 4) is 0 Å². The second-order valence-electron chi connectivity index (χ2n) is 16.1. The van der Waals surface area contributed by atoms with Crippen LogP contribution in [0.4, 0.5) is 5.69 Å². The number of carbonyl (C=O) groups is 4. The van der Waals surface area contributed by atoms with Crippen LogP contribution in [0.25, 0.3) is 0 Å². The summed E-state index contributed by atoms with van der Waals surface area (Å²) in [4.78, 5) is 55.3. The molecule has 7 fully saturated rings. The van der Waals surface area contributed by atoms with Crippen LogP contribution in [-0.2, 0) is 33.3 Å². The fourth-order valence-corrected chi connectivity index (χ4v) is 13.0. The molecule has 14 atom stereocenters. The highest BCUT2D eigenvalue weighted by Crippen LogP contribution is 2.80. The van der Waals surface area contributed by atoms with Crippen LogP contribution in [0, 0.1) is 40.4 Å². The first-order valence-corrected chi connectivity index (χ1v) is 18.0. The minimum atomic E-state index is -1.90. The molecule has 3 N–H and O–H groups in total. The molecule has 13 heteroatoms. The Morgan fingerprint density at radius 2 is 1.84 bits per heavy atom. The highest BCUT2D eigenvalue weighted by molar-refractivity contribution is 6.22. The Morgan fingerprint density at radius 1 is 1.10 bits per heavy atom. The molecule has 5 aliphatic carbocycles. The normalized spacial score (nSPS) is 47.1. The Balaban J connectivity index is 1.22. The smallest absolute Gasteiger partial charge is 0.340 e. The molecule has 0 aromatic heterocycles. The van der Waals surface area contributed by atoms with Crippen LogP contribution in [-0.4, -0.2) is 120 Å². The summed E-state index contributed by atoms with van der Waals surface area (Å²) in [6.07, 6.45) is -1.47. The van der Waals surface area contributed by atoms with Crippen LogP contribution in [0.5, 0.6) is 0 Å². The molecule has 13 nitrogen and oxygen atoms in total. The standard InChI is InChI=1S/C37H48N2O11/c1-6-38-16-34(17-49-32(44)20-9-7-8-10-23(20)39-26(41)13-18(2)31(39)43)12-11-25(47-4)36-22-14-21-24(50-19(3)40)15-35(45,27(22)28(21)42)37(46,33(36)38)30(48-5)29(34)36/h7-10,18,21-22,24-25,27-30,33,42,45-46H,6,11-17H2,1-5H3. The second-order valence-corrected chi connectivity index (χ2v) is 16.1. The van der Waals surface area contributed by atoms with E-state index in [-0.39, 0.29) is 54.5 Å². The Morgan fingerprint density at radius 3 is 2.48 bits per heavy atom. The maximum Gasteiger partial charge on any atom is 0.340 e. The first-order valence-electron chi connectivity index (χ1n) is 18.0. The maximum absolute atomic E-state index is 14.0. The number of amides is 2. The number of hydrogen-bond acceptors (Lipinski definition) is 12. The maximum atomic E-state index is 14.0. The van der Waals surface area contributed by atoms with Gasteiger partial charge in [-0.3, -0.25) is 19.3 Å². The number of imide groups is 1. The quantitative estimate of drug-likeness (QED) is 0.263. The molecule has 50 heavy (non-hydrogen) atoms. The van der Waals surface area contributed by atoms with E-state index >= 15 is 0 Å². The molecule has 2 heterocycles. The molecule has 1 aromatic carbocycles. The van der Waals surface area contributed by atoms with Gasteiger partial charge < -0.3 is 34.3 Å². The van der Waals surface area contributed by atoms with E-state index in [9.17, 15) is 34.5 Å². The van der Waals surface area contributed by atoms with Gasteiger partial charge in [0.05, 0.1) is 42.2 Å². The van der Waals surface area contributed by atoms with Crippen molar-refractivity contribution in [1.29, 1.82) is 0 Å². The number of likely N-dealkylation sites (N-methyl/N-ethyl adjacent to an activating group) is 1. The SMILES string of the molecule is CCN1CC2(COC(=O)c3ccccc3N3C(=O)CC(C)C3=O)CCC(OC)C34C5CC6C(OC(C)=O)CC(O)(C5C6O)C(O)(C(OC)C23)C14. The number of ether oxygens (including phenoxy) is 4. The van der Waals surface area contributed by atoms with Gasteiger partial charge in [-0.05, 0) is 43.9 Å². The van der Waals surface area contributed by atoms with Crippen molar-refractivity contribution in [1.82, 2.24) is 4.90 Å². The molecule has 2 amide bonds. The Bertz CT molecular complexity index is 1640. The zero-order valence-electron chi connectivity index (χ0n) is 29.2. The number of carbonyl (C=O) groups excluding carboxylic acids is 4. The van der Waals surface area contributed by atoms with E-state index in [2.05, 4.69) is 4.90 Å². The van der Waals surface area contributed by atoms with Gasteiger partial charge in [0.15, 0.2) is 0 Å². The number of likely N-dealkylation sites (tertiary alicyclic amines) is 1. The van der Waals surface area contributed by atoms with Gasteiger partial charge in [0.1, 0.15) is 17.3 Å². The molecule has 2 aliphatic heterocycles. The van der Waals surface area contributed by atoms with Crippen LogP contribution >= 0.6 is 0 Å². The molecule has 7 bridgehead atoms. The number of nitrogens with zero attached hydrogens (tertiary/aromatic N) is 2. The molecule has 1 aromatic rings. The molecule has 5 saturated carbocycles. The minimum Gasteiger partial charge on any atom is -0.462 e. The van der Waals surface area contributed by atoms with Crippen molar-refractivity contribution in [2.75, 3.05) is 38.8 Å². The topological polar surface area (TPSA) is 172 Å². The summed E-state index contributed by atoms with van der Waals surface area (Å²) in [5.41, 5.74) is -5.03. The van der Waals surface area contributed by atoms with E-state index < -0.39 is 82.0 Å². The zero-order chi connectivity index (χ0) is 35.7. The lowest BCUT2D eigenvalue weighted by atomic mass is 9.42. The van der Waals surface area contributed by atoms with Crippen LogP contribution < -0.4 is 4.90 Å². The fourth-order valence-electron chi connectivity index (χ4n) is 13.0. The van der Waals surface area contributed by atoms with Gasteiger partial charge in [-0.15, -0.1) is 0 Å². The van der Waals surface area contributed by atoms with Crippen molar-refractivity contribution < 1.29 is 53.4 Å². The number of anilines is 1. The molecule has 14 unspecified atom stereocenters. The molecule has 2 saturated heterocycles. The largest absolute Gasteiger partial charge is 0.462 e. The number of aliphatic hydroxyl groups is 3. The summed E-state index contributed by atoms with van der Waals surface area (Å²) in [5, 5.41) is 38.2. The molecule has 272 valence electrons. The summed E-state index contributed by atoms with van der Waals surface area (Å²) in [7, 11) is 3.19. The molecular formula is C37H48N2O11.